The van der Waals surface area contributed by atoms with Crippen molar-refractivity contribution in [2.75, 3.05) is 13.7 Å². The van der Waals surface area contributed by atoms with E-state index < -0.39 is 18.6 Å². The van der Waals surface area contributed by atoms with Gasteiger partial charge in [-0.1, -0.05) is 60.7 Å². The molecule has 6 heteroatoms. The lowest BCUT2D eigenvalue weighted by Gasteiger charge is -2.48. The first kappa shape index (κ1) is 18.6. The number of hydrogen-bond donors (Lipinski definition) is 1. The molecule has 0 amide bonds. The third kappa shape index (κ3) is 4.06. The van der Waals surface area contributed by atoms with E-state index in [-0.39, 0.29) is 18.3 Å². The summed E-state index contributed by atoms with van der Waals surface area (Å²) >= 11 is 0. The monoisotopic (exact) mass is 371 g/mol. The van der Waals surface area contributed by atoms with Gasteiger partial charge in [0.15, 0.2) is 12.6 Å². The zero-order chi connectivity index (χ0) is 18.6. The molecular formula is C21H25NO5. The molecule has 2 N–H and O–H groups in total. The standard InChI is InChI=1S/C21H25NO5/c1-23-21-17(22)19(24-12-14-8-4-2-5-9-14)18-16(26-21)13-25-20(27-18)15-10-6-3-7-11-15/h2-11,16-21H,12-13,22H2,1H3/t16-,17-,18-,19-,20?,21+/m1/s1. The molecule has 0 spiro atoms. The van der Waals surface area contributed by atoms with E-state index in [1.54, 1.807) is 7.11 Å². The number of ether oxygens (including phenoxy) is 5. The van der Waals surface area contributed by atoms with Crippen molar-refractivity contribution >= 4 is 0 Å². The van der Waals surface area contributed by atoms with Crippen LogP contribution in [0.3, 0.4) is 0 Å². The summed E-state index contributed by atoms with van der Waals surface area (Å²) in [6, 6.07) is 19.4. The van der Waals surface area contributed by atoms with Crippen LogP contribution in [-0.2, 0) is 30.3 Å². The lowest BCUT2D eigenvalue weighted by atomic mass is 9.96. The number of hydrogen-bond acceptors (Lipinski definition) is 6. The van der Waals surface area contributed by atoms with Gasteiger partial charge in [-0.2, -0.15) is 0 Å². The highest BCUT2D eigenvalue weighted by atomic mass is 16.7. The molecule has 6 nitrogen and oxygen atoms in total. The van der Waals surface area contributed by atoms with Crippen molar-refractivity contribution < 1.29 is 23.7 Å². The molecule has 2 aliphatic rings. The molecule has 2 aromatic rings. The number of rotatable bonds is 5. The van der Waals surface area contributed by atoms with E-state index in [9.17, 15) is 0 Å². The maximum Gasteiger partial charge on any atom is 0.184 e. The highest BCUT2D eigenvalue weighted by Crippen LogP contribution is 2.35. The first-order valence-electron chi connectivity index (χ1n) is 9.17. The van der Waals surface area contributed by atoms with Gasteiger partial charge >= 0.3 is 0 Å². The first-order valence-corrected chi connectivity index (χ1v) is 9.17. The van der Waals surface area contributed by atoms with Crippen molar-refractivity contribution in [3.63, 3.8) is 0 Å². The lowest BCUT2D eigenvalue weighted by molar-refractivity contribution is -0.344. The number of benzene rings is 2. The Morgan fingerprint density at radius 1 is 1.00 bits per heavy atom. The minimum absolute atomic E-state index is 0.296. The van der Waals surface area contributed by atoms with Gasteiger partial charge in [-0.25, -0.2) is 0 Å². The van der Waals surface area contributed by atoms with Crippen molar-refractivity contribution in [1.82, 2.24) is 0 Å². The molecule has 2 saturated heterocycles. The molecule has 0 aromatic heterocycles. The van der Waals surface area contributed by atoms with E-state index in [2.05, 4.69) is 0 Å². The van der Waals surface area contributed by atoms with Crippen molar-refractivity contribution in [3.05, 3.63) is 71.8 Å². The fourth-order valence-corrected chi connectivity index (χ4v) is 3.56. The molecule has 2 fully saturated rings. The van der Waals surface area contributed by atoms with E-state index in [4.69, 9.17) is 29.4 Å². The molecule has 27 heavy (non-hydrogen) atoms. The predicted octanol–water partition coefficient (Wildman–Crippen LogP) is 2.38. The molecule has 2 aromatic carbocycles. The van der Waals surface area contributed by atoms with Crippen LogP contribution in [0.1, 0.15) is 17.4 Å². The van der Waals surface area contributed by atoms with Gasteiger partial charge in [0.2, 0.25) is 0 Å². The summed E-state index contributed by atoms with van der Waals surface area (Å²) in [5.74, 6) is 0. The van der Waals surface area contributed by atoms with Gasteiger partial charge in [0.1, 0.15) is 18.3 Å². The summed E-state index contributed by atoms with van der Waals surface area (Å²) in [6.45, 7) is 0.834. The zero-order valence-electron chi connectivity index (χ0n) is 15.3. The molecule has 0 aliphatic carbocycles. The van der Waals surface area contributed by atoms with E-state index in [0.29, 0.717) is 13.2 Å². The second-order valence-electron chi connectivity index (χ2n) is 6.79. The Labute approximate surface area is 159 Å². The van der Waals surface area contributed by atoms with Gasteiger partial charge in [-0.15, -0.1) is 0 Å². The summed E-state index contributed by atoms with van der Waals surface area (Å²) in [5, 5.41) is 0. The van der Waals surface area contributed by atoms with Crippen LogP contribution in [0.2, 0.25) is 0 Å². The summed E-state index contributed by atoms with van der Waals surface area (Å²) in [5.41, 5.74) is 8.43. The fraction of sp³-hybridized carbons (Fsp3) is 0.429. The molecule has 0 radical (unpaired) electrons. The Kier molecular flexibility index (Phi) is 5.83. The number of methoxy groups -OCH3 is 1. The van der Waals surface area contributed by atoms with Crippen molar-refractivity contribution in [1.29, 1.82) is 0 Å². The first-order chi connectivity index (χ1) is 13.3. The SMILES string of the molecule is CO[C@H]1O[C@@H]2COC(c3ccccc3)O[C@H]2[C@H](OCc2ccccc2)[C@H]1N. The van der Waals surface area contributed by atoms with Crippen LogP contribution in [0, 0.1) is 0 Å². The molecule has 2 aliphatic heterocycles. The highest BCUT2D eigenvalue weighted by molar-refractivity contribution is 5.17. The summed E-state index contributed by atoms with van der Waals surface area (Å²) in [4.78, 5) is 0. The minimum Gasteiger partial charge on any atom is -0.369 e. The van der Waals surface area contributed by atoms with E-state index in [1.807, 2.05) is 60.7 Å². The zero-order valence-corrected chi connectivity index (χ0v) is 15.3. The van der Waals surface area contributed by atoms with Crippen LogP contribution in [0.15, 0.2) is 60.7 Å². The van der Waals surface area contributed by atoms with Gasteiger partial charge in [0, 0.05) is 12.7 Å². The normalized spacial score (nSPS) is 33.4. The second-order valence-corrected chi connectivity index (χ2v) is 6.79. The molecule has 4 rings (SSSR count). The van der Waals surface area contributed by atoms with Crippen LogP contribution >= 0.6 is 0 Å². The van der Waals surface area contributed by atoms with Crippen molar-refractivity contribution in [3.8, 4) is 0 Å². The molecule has 144 valence electrons. The molecular weight excluding hydrogens is 346 g/mol. The van der Waals surface area contributed by atoms with E-state index >= 15 is 0 Å². The van der Waals surface area contributed by atoms with Gasteiger partial charge in [0.05, 0.1) is 19.3 Å². The van der Waals surface area contributed by atoms with Crippen molar-refractivity contribution in [2.45, 2.75) is 43.5 Å². The largest absolute Gasteiger partial charge is 0.369 e. The second kappa shape index (κ2) is 8.48. The third-order valence-corrected chi connectivity index (χ3v) is 4.97. The summed E-state index contributed by atoms with van der Waals surface area (Å²) < 4.78 is 29.7. The highest BCUT2D eigenvalue weighted by Gasteiger charge is 2.49. The van der Waals surface area contributed by atoms with Gasteiger partial charge in [-0.3, -0.25) is 0 Å². The maximum atomic E-state index is 6.39. The fourth-order valence-electron chi connectivity index (χ4n) is 3.56. The molecule has 6 atom stereocenters. The number of nitrogens with two attached hydrogens (primary N) is 1. The average molecular weight is 371 g/mol. The Hall–Kier alpha value is -1.80. The smallest absolute Gasteiger partial charge is 0.184 e. The van der Waals surface area contributed by atoms with E-state index in [0.717, 1.165) is 11.1 Å². The predicted molar refractivity (Wildman–Crippen MR) is 98.7 cm³/mol. The van der Waals surface area contributed by atoms with Crippen LogP contribution in [-0.4, -0.2) is 44.4 Å². The van der Waals surface area contributed by atoms with Gasteiger partial charge in [0.25, 0.3) is 0 Å². The van der Waals surface area contributed by atoms with Crippen LogP contribution in [0.25, 0.3) is 0 Å². The van der Waals surface area contributed by atoms with E-state index in [1.165, 1.54) is 0 Å². The maximum absolute atomic E-state index is 6.39. The third-order valence-electron chi connectivity index (χ3n) is 4.97. The molecule has 0 bridgehead atoms. The molecule has 1 unspecified atom stereocenters. The van der Waals surface area contributed by atoms with Gasteiger partial charge in [-0.05, 0) is 5.56 Å². The number of fused-ring (bicyclic) bond motifs is 1. The average Bonchev–Trinajstić information content (AvgIpc) is 2.74. The molecule has 0 saturated carbocycles. The summed E-state index contributed by atoms with van der Waals surface area (Å²) in [6.07, 6.45) is -2.04. The Bertz CT molecular complexity index is 713. The summed E-state index contributed by atoms with van der Waals surface area (Å²) in [7, 11) is 1.58. The van der Waals surface area contributed by atoms with Crippen LogP contribution in [0.4, 0.5) is 0 Å². The Morgan fingerprint density at radius 3 is 2.41 bits per heavy atom. The minimum atomic E-state index is -0.563. The quantitative estimate of drug-likeness (QED) is 0.870. The topological polar surface area (TPSA) is 72.2 Å². The Morgan fingerprint density at radius 2 is 1.70 bits per heavy atom. The van der Waals surface area contributed by atoms with Crippen LogP contribution in [0.5, 0.6) is 0 Å². The van der Waals surface area contributed by atoms with Crippen LogP contribution < -0.4 is 5.73 Å². The molecule has 2 heterocycles. The van der Waals surface area contributed by atoms with Crippen molar-refractivity contribution in [2.24, 2.45) is 5.73 Å². The van der Waals surface area contributed by atoms with Gasteiger partial charge < -0.3 is 29.4 Å². The Balaban J connectivity index is 1.51. The lowest BCUT2D eigenvalue weighted by Crippen LogP contribution is -2.65.